The molecule has 2 fully saturated rings. The van der Waals surface area contributed by atoms with Crippen molar-refractivity contribution in [3.63, 3.8) is 0 Å². The quantitative estimate of drug-likeness (QED) is 0.809. The minimum absolute atomic E-state index is 0.266. The average Bonchev–Trinajstić information content (AvgIpc) is 3.48. The smallest absolute Gasteiger partial charge is 0.234 e. The Morgan fingerprint density at radius 2 is 2.00 bits per heavy atom. The first-order valence-electron chi connectivity index (χ1n) is 9.49. The van der Waals surface area contributed by atoms with E-state index in [1.165, 1.54) is 10.4 Å². The second-order valence-corrected chi connectivity index (χ2v) is 8.56. The second-order valence-electron chi connectivity index (χ2n) is 7.62. The van der Waals surface area contributed by atoms with Crippen LogP contribution in [0.1, 0.15) is 48.5 Å². The zero-order valence-corrected chi connectivity index (χ0v) is 15.6. The first-order valence-corrected chi connectivity index (χ1v) is 10.4. The first-order chi connectivity index (χ1) is 12.8. The van der Waals surface area contributed by atoms with Crippen LogP contribution in [0.2, 0.25) is 0 Å². The summed E-state index contributed by atoms with van der Waals surface area (Å²) >= 11 is 1.74. The molecule has 5 rings (SSSR count). The molecule has 4 nitrogen and oxygen atoms in total. The van der Waals surface area contributed by atoms with Crippen molar-refractivity contribution >= 4 is 17.2 Å². The number of rotatable bonds is 3. The molecule has 1 atom stereocenters. The van der Waals surface area contributed by atoms with Crippen molar-refractivity contribution < 1.29 is 14.3 Å². The number of amides is 1. The fourth-order valence-electron chi connectivity index (χ4n) is 4.78. The number of thiophene rings is 1. The van der Waals surface area contributed by atoms with Gasteiger partial charge in [-0.15, -0.1) is 11.3 Å². The third-order valence-electron chi connectivity index (χ3n) is 6.20. The summed E-state index contributed by atoms with van der Waals surface area (Å²) in [5.41, 5.74) is 0.985. The maximum Gasteiger partial charge on any atom is 0.234 e. The van der Waals surface area contributed by atoms with Crippen LogP contribution in [-0.4, -0.2) is 30.7 Å². The zero-order valence-electron chi connectivity index (χ0n) is 14.8. The van der Waals surface area contributed by atoms with Crippen molar-refractivity contribution in [2.24, 2.45) is 0 Å². The highest BCUT2D eigenvalue weighted by Gasteiger charge is 2.47. The van der Waals surface area contributed by atoms with Gasteiger partial charge in [0.1, 0.15) is 0 Å². The molecule has 26 heavy (non-hydrogen) atoms. The second kappa shape index (κ2) is 6.31. The Kier molecular flexibility index (Phi) is 3.92. The minimum Gasteiger partial charge on any atom is -0.454 e. The van der Waals surface area contributed by atoms with E-state index in [4.69, 9.17) is 9.47 Å². The summed E-state index contributed by atoms with van der Waals surface area (Å²) in [5, 5.41) is 2.10. The van der Waals surface area contributed by atoms with Crippen LogP contribution in [0.15, 0.2) is 35.7 Å². The van der Waals surface area contributed by atoms with Crippen LogP contribution >= 0.6 is 11.3 Å². The maximum absolute atomic E-state index is 13.5. The summed E-state index contributed by atoms with van der Waals surface area (Å²) < 4.78 is 10.9. The van der Waals surface area contributed by atoms with Gasteiger partial charge < -0.3 is 14.4 Å². The van der Waals surface area contributed by atoms with Gasteiger partial charge in [0.25, 0.3) is 0 Å². The van der Waals surface area contributed by atoms with Gasteiger partial charge in [0.05, 0.1) is 5.41 Å². The van der Waals surface area contributed by atoms with Gasteiger partial charge in [-0.25, -0.2) is 0 Å². The molecule has 2 aliphatic heterocycles. The number of ether oxygens (including phenoxy) is 2. The van der Waals surface area contributed by atoms with Crippen LogP contribution < -0.4 is 9.47 Å². The molecule has 0 radical (unpaired) electrons. The number of hydrogen-bond acceptors (Lipinski definition) is 4. The highest BCUT2D eigenvalue weighted by Crippen LogP contribution is 2.46. The largest absolute Gasteiger partial charge is 0.454 e. The van der Waals surface area contributed by atoms with E-state index in [-0.39, 0.29) is 5.41 Å². The van der Waals surface area contributed by atoms with Crippen molar-refractivity contribution in [1.82, 2.24) is 4.90 Å². The monoisotopic (exact) mass is 369 g/mol. The number of fused-ring (bicyclic) bond motifs is 1. The van der Waals surface area contributed by atoms with E-state index in [2.05, 4.69) is 34.5 Å². The molecule has 1 aromatic heterocycles. The summed E-state index contributed by atoms with van der Waals surface area (Å²) in [4.78, 5) is 16.9. The van der Waals surface area contributed by atoms with E-state index in [1.807, 2.05) is 6.07 Å². The van der Waals surface area contributed by atoms with Gasteiger partial charge in [0, 0.05) is 23.9 Å². The lowest BCUT2D eigenvalue weighted by atomic mass is 9.83. The molecule has 3 aliphatic rings. The zero-order chi connectivity index (χ0) is 17.6. The summed E-state index contributed by atoms with van der Waals surface area (Å²) in [7, 11) is 0. The summed E-state index contributed by atoms with van der Waals surface area (Å²) in [6.45, 7) is 1.97. The molecular weight excluding hydrogens is 346 g/mol. The highest BCUT2D eigenvalue weighted by atomic mass is 32.1. The Balaban J connectivity index is 1.36. The van der Waals surface area contributed by atoms with Crippen LogP contribution in [0.3, 0.4) is 0 Å². The summed E-state index contributed by atoms with van der Waals surface area (Å²) in [5.74, 6) is 2.39. The molecule has 136 valence electrons. The van der Waals surface area contributed by atoms with Crippen molar-refractivity contribution in [3.05, 3.63) is 46.2 Å². The van der Waals surface area contributed by atoms with Gasteiger partial charge in [0.15, 0.2) is 11.5 Å². The van der Waals surface area contributed by atoms with Crippen LogP contribution in [0, 0.1) is 0 Å². The number of nitrogens with zero attached hydrogens (tertiary/aromatic N) is 1. The molecular formula is C21H23NO3S. The van der Waals surface area contributed by atoms with E-state index < -0.39 is 0 Å². The maximum atomic E-state index is 13.5. The predicted molar refractivity (Wildman–Crippen MR) is 101 cm³/mol. The lowest BCUT2D eigenvalue weighted by molar-refractivity contribution is -0.136. The number of likely N-dealkylation sites (tertiary alicyclic amines) is 1. The van der Waals surface area contributed by atoms with Crippen molar-refractivity contribution in [1.29, 1.82) is 0 Å². The molecule has 1 saturated carbocycles. The topological polar surface area (TPSA) is 38.8 Å². The van der Waals surface area contributed by atoms with E-state index in [0.29, 0.717) is 18.6 Å². The molecule has 0 unspecified atom stereocenters. The van der Waals surface area contributed by atoms with Crippen LogP contribution in [0.4, 0.5) is 0 Å². The lowest BCUT2D eigenvalue weighted by Crippen LogP contribution is -2.44. The van der Waals surface area contributed by atoms with Crippen molar-refractivity contribution in [3.8, 4) is 11.5 Å². The van der Waals surface area contributed by atoms with Gasteiger partial charge in [-0.2, -0.15) is 0 Å². The molecule has 3 heterocycles. The fourth-order valence-corrected chi connectivity index (χ4v) is 5.76. The molecule has 2 aromatic rings. The molecule has 0 N–H and O–H groups in total. The fraction of sp³-hybridized carbons (Fsp3) is 0.476. The standard InChI is InChI=1S/C21H23NO3S/c23-20(21(8-1-2-9-21)19-4-3-11-26-19)22-10-7-16(13-22)15-5-6-17-18(12-15)25-14-24-17/h3-6,11-12,16H,1-2,7-10,13-14H2/t16-/m1/s1. The SMILES string of the molecule is O=C(N1CC[C@@H](c2ccc3c(c2)OCO3)C1)C1(c2cccs2)CCCC1. The van der Waals surface area contributed by atoms with Crippen LogP contribution in [-0.2, 0) is 10.2 Å². The Morgan fingerprint density at radius 1 is 1.15 bits per heavy atom. The van der Waals surface area contributed by atoms with Gasteiger partial charge in [0.2, 0.25) is 12.7 Å². The summed E-state index contributed by atoms with van der Waals surface area (Å²) in [6, 6.07) is 10.4. The molecule has 1 aromatic carbocycles. The van der Waals surface area contributed by atoms with E-state index in [1.54, 1.807) is 11.3 Å². The minimum atomic E-state index is -0.266. The number of carbonyl (C=O) groups is 1. The van der Waals surface area contributed by atoms with Crippen LogP contribution in [0.25, 0.3) is 0 Å². The van der Waals surface area contributed by atoms with Gasteiger partial charge >= 0.3 is 0 Å². The van der Waals surface area contributed by atoms with E-state index in [0.717, 1.165) is 56.7 Å². The normalized spacial score (nSPS) is 23.5. The molecule has 1 aliphatic carbocycles. The summed E-state index contributed by atoms with van der Waals surface area (Å²) in [6.07, 6.45) is 5.33. The van der Waals surface area contributed by atoms with Gasteiger partial charge in [-0.05, 0) is 48.4 Å². The highest BCUT2D eigenvalue weighted by molar-refractivity contribution is 7.10. The third kappa shape index (κ3) is 2.52. The molecule has 1 saturated heterocycles. The molecule has 5 heteroatoms. The average molecular weight is 369 g/mol. The van der Waals surface area contributed by atoms with Gasteiger partial charge in [-0.3, -0.25) is 4.79 Å². The number of benzene rings is 1. The lowest BCUT2D eigenvalue weighted by Gasteiger charge is -2.31. The molecule has 1 amide bonds. The Hall–Kier alpha value is -2.01. The van der Waals surface area contributed by atoms with E-state index in [9.17, 15) is 4.79 Å². The predicted octanol–water partition coefficient (Wildman–Crippen LogP) is 4.30. The van der Waals surface area contributed by atoms with Gasteiger partial charge in [-0.1, -0.05) is 25.0 Å². The van der Waals surface area contributed by atoms with E-state index >= 15 is 0 Å². The Labute approximate surface area is 157 Å². The Bertz CT molecular complexity index is 811. The van der Waals surface area contributed by atoms with Crippen molar-refractivity contribution in [2.75, 3.05) is 19.9 Å². The third-order valence-corrected chi connectivity index (χ3v) is 7.28. The number of carbonyl (C=O) groups excluding carboxylic acids is 1. The molecule has 0 spiro atoms. The van der Waals surface area contributed by atoms with Crippen molar-refractivity contribution in [2.45, 2.75) is 43.4 Å². The number of hydrogen-bond donors (Lipinski definition) is 0. The first kappa shape index (κ1) is 16.2. The van der Waals surface area contributed by atoms with Crippen LogP contribution in [0.5, 0.6) is 11.5 Å². The Morgan fingerprint density at radius 3 is 2.81 bits per heavy atom. The molecule has 0 bridgehead atoms.